The summed E-state index contributed by atoms with van der Waals surface area (Å²) in [4.78, 5) is 2.61. The molecule has 1 saturated heterocycles. The molecule has 1 aliphatic rings. The molecule has 1 heterocycles. The maximum Gasteiger partial charge on any atom is 0.0213 e. The van der Waals surface area contributed by atoms with Crippen molar-refractivity contribution in [2.45, 2.75) is 44.6 Å². The molecule has 3 heteroatoms. The molecule has 0 bridgehead atoms. The van der Waals surface area contributed by atoms with Crippen LogP contribution in [-0.2, 0) is 5.41 Å². The second-order valence-electron chi connectivity index (χ2n) is 6.95. The van der Waals surface area contributed by atoms with Crippen molar-refractivity contribution in [2.24, 2.45) is 0 Å². The number of halogens is 1. The van der Waals surface area contributed by atoms with Crippen LogP contribution < -0.4 is 5.32 Å². The van der Waals surface area contributed by atoms with Crippen LogP contribution in [-0.4, -0.2) is 37.1 Å². The van der Waals surface area contributed by atoms with Crippen molar-refractivity contribution >= 4 is 15.9 Å². The van der Waals surface area contributed by atoms with E-state index >= 15 is 0 Å². The van der Waals surface area contributed by atoms with Crippen molar-refractivity contribution in [2.75, 3.05) is 26.7 Å². The van der Waals surface area contributed by atoms with Gasteiger partial charge in [0.1, 0.15) is 0 Å². The lowest BCUT2D eigenvalue weighted by molar-refractivity contribution is 0.0740. The number of nitrogens with zero attached hydrogens (tertiary/aromatic N) is 1. The van der Waals surface area contributed by atoms with Gasteiger partial charge in [-0.25, -0.2) is 0 Å². The third-order valence-corrected chi connectivity index (χ3v) is 5.32. The van der Waals surface area contributed by atoms with Gasteiger partial charge in [0, 0.05) is 22.0 Å². The third kappa shape index (κ3) is 3.26. The second kappa shape index (κ2) is 6.17. The first kappa shape index (κ1) is 16.0. The summed E-state index contributed by atoms with van der Waals surface area (Å²) in [5, 5.41) is 3.42. The highest BCUT2D eigenvalue weighted by Crippen LogP contribution is 2.40. The number of hydrogen-bond acceptors (Lipinski definition) is 2. The lowest BCUT2D eigenvalue weighted by atomic mass is 9.72. The number of piperidine rings is 1. The van der Waals surface area contributed by atoms with Crippen LogP contribution in [0.1, 0.15) is 39.2 Å². The third-order valence-electron chi connectivity index (χ3n) is 4.63. The molecule has 1 N–H and O–H groups in total. The molecule has 1 aliphatic heterocycles. The van der Waals surface area contributed by atoms with E-state index in [9.17, 15) is 0 Å². The van der Waals surface area contributed by atoms with Crippen molar-refractivity contribution in [1.82, 2.24) is 10.2 Å². The Morgan fingerprint density at radius 3 is 2.30 bits per heavy atom. The first-order valence-electron chi connectivity index (χ1n) is 7.54. The summed E-state index contributed by atoms with van der Waals surface area (Å²) < 4.78 is 1.25. The Morgan fingerprint density at radius 2 is 1.80 bits per heavy atom. The van der Waals surface area contributed by atoms with E-state index in [1.54, 1.807) is 0 Å². The van der Waals surface area contributed by atoms with E-state index in [0.717, 1.165) is 6.54 Å². The van der Waals surface area contributed by atoms with E-state index < -0.39 is 0 Å². The molecule has 0 spiro atoms. The van der Waals surface area contributed by atoms with Crippen molar-refractivity contribution < 1.29 is 0 Å². The highest BCUT2D eigenvalue weighted by molar-refractivity contribution is 9.10. The number of likely N-dealkylation sites (tertiary alicyclic amines) is 1. The van der Waals surface area contributed by atoms with Gasteiger partial charge < -0.3 is 5.32 Å². The molecule has 0 aromatic heterocycles. The average Bonchev–Trinajstić information content (AvgIpc) is 2.39. The Labute approximate surface area is 132 Å². The van der Waals surface area contributed by atoms with E-state index in [2.05, 4.69) is 78.2 Å². The topological polar surface area (TPSA) is 15.3 Å². The summed E-state index contributed by atoms with van der Waals surface area (Å²) in [6.45, 7) is 10.3. The minimum atomic E-state index is 0.261. The monoisotopic (exact) mass is 338 g/mol. The van der Waals surface area contributed by atoms with Gasteiger partial charge in [-0.2, -0.15) is 0 Å². The molecular weight excluding hydrogens is 312 g/mol. The zero-order chi connectivity index (χ0) is 14.8. The van der Waals surface area contributed by atoms with Crippen LogP contribution in [0.15, 0.2) is 28.7 Å². The van der Waals surface area contributed by atoms with Gasteiger partial charge in [-0.05, 0) is 65.4 Å². The fraction of sp³-hybridized carbons (Fsp3) is 0.647. The smallest absolute Gasteiger partial charge is 0.0213 e. The zero-order valence-electron chi connectivity index (χ0n) is 13.2. The van der Waals surface area contributed by atoms with Gasteiger partial charge >= 0.3 is 0 Å². The van der Waals surface area contributed by atoms with Gasteiger partial charge in [-0.3, -0.25) is 4.90 Å². The number of nitrogens with one attached hydrogen (secondary N) is 1. The van der Waals surface area contributed by atoms with Gasteiger partial charge in [0.15, 0.2) is 0 Å². The van der Waals surface area contributed by atoms with Gasteiger partial charge in [-0.1, -0.05) is 34.1 Å². The molecule has 1 aromatic rings. The Morgan fingerprint density at radius 1 is 1.20 bits per heavy atom. The van der Waals surface area contributed by atoms with Crippen molar-refractivity contribution in [3.8, 4) is 0 Å². The first-order valence-corrected chi connectivity index (χ1v) is 8.33. The number of likely N-dealkylation sites (N-methyl/N-ethyl adjacent to an activating group) is 1. The lowest BCUT2D eigenvalue weighted by Crippen LogP contribution is -2.52. The average molecular weight is 339 g/mol. The number of hydrogen-bond donors (Lipinski definition) is 1. The van der Waals surface area contributed by atoms with Gasteiger partial charge in [0.2, 0.25) is 0 Å². The molecule has 2 rings (SSSR count). The molecule has 20 heavy (non-hydrogen) atoms. The normalized spacial score (nSPS) is 20.1. The van der Waals surface area contributed by atoms with E-state index in [-0.39, 0.29) is 11.0 Å². The minimum absolute atomic E-state index is 0.261. The van der Waals surface area contributed by atoms with Crippen molar-refractivity contribution in [3.05, 3.63) is 34.3 Å². The van der Waals surface area contributed by atoms with Gasteiger partial charge in [0.25, 0.3) is 0 Å². The second-order valence-corrected chi connectivity index (χ2v) is 7.80. The first-order chi connectivity index (χ1) is 9.39. The SMILES string of the molecule is CNCC1(c2ccccc2Br)CCN(C(C)(C)C)CC1. The van der Waals surface area contributed by atoms with Crippen LogP contribution in [0.2, 0.25) is 0 Å². The predicted molar refractivity (Wildman–Crippen MR) is 90.3 cm³/mol. The quantitative estimate of drug-likeness (QED) is 0.901. The largest absolute Gasteiger partial charge is 0.319 e. The Balaban J connectivity index is 2.24. The van der Waals surface area contributed by atoms with Crippen LogP contribution in [0.4, 0.5) is 0 Å². The van der Waals surface area contributed by atoms with E-state index in [0.29, 0.717) is 0 Å². The number of rotatable bonds is 3. The fourth-order valence-corrected chi connectivity index (χ4v) is 4.08. The molecule has 1 fully saturated rings. The summed E-state index contributed by atoms with van der Waals surface area (Å²) >= 11 is 3.75. The number of benzene rings is 1. The van der Waals surface area contributed by atoms with Crippen molar-refractivity contribution in [3.63, 3.8) is 0 Å². The predicted octanol–water partition coefficient (Wildman–Crippen LogP) is 3.80. The zero-order valence-corrected chi connectivity index (χ0v) is 14.8. The summed E-state index contributed by atoms with van der Waals surface area (Å²) in [7, 11) is 2.06. The molecule has 1 aromatic carbocycles. The van der Waals surface area contributed by atoms with Crippen LogP contribution in [0.5, 0.6) is 0 Å². The molecule has 0 radical (unpaired) electrons. The van der Waals surface area contributed by atoms with Crippen LogP contribution >= 0.6 is 15.9 Å². The Hall–Kier alpha value is -0.380. The molecule has 112 valence electrons. The molecule has 0 unspecified atom stereocenters. The Kier molecular flexibility index (Phi) is 4.93. The molecular formula is C17H27BrN2. The summed E-state index contributed by atoms with van der Waals surface area (Å²) in [5.41, 5.74) is 2.00. The van der Waals surface area contributed by atoms with E-state index in [4.69, 9.17) is 0 Å². The molecule has 0 aliphatic carbocycles. The standard InChI is InChI=1S/C17H27BrN2/c1-16(2,3)20-11-9-17(10-12-20,13-19-4)14-7-5-6-8-15(14)18/h5-8,19H,9-13H2,1-4H3. The maximum atomic E-state index is 3.75. The van der Waals surface area contributed by atoms with Crippen molar-refractivity contribution in [1.29, 1.82) is 0 Å². The Bertz CT molecular complexity index is 443. The molecule has 2 nitrogen and oxygen atoms in total. The van der Waals surface area contributed by atoms with E-state index in [1.165, 1.54) is 36.0 Å². The minimum Gasteiger partial charge on any atom is -0.319 e. The lowest BCUT2D eigenvalue weighted by Gasteiger charge is -2.47. The maximum absolute atomic E-state index is 3.75. The van der Waals surface area contributed by atoms with Crippen LogP contribution in [0.25, 0.3) is 0 Å². The molecule has 0 saturated carbocycles. The summed E-state index contributed by atoms with van der Waals surface area (Å²) in [6, 6.07) is 8.72. The molecule has 0 amide bonds. The summed E-state index contributed by atoms with van der Waals surface area (Å²) in [5.74, 6) is 0. The van der Waals surface area contributed by atoms with Gasteiger partial charge in [0.05, 0.1) is 0 Å². The molecule has 0 atom stereocenters. The van der Waals surface area contributed by atoms with Crippen LogP contribution in [0.3, 0.4) is 0 Å². The van der Waals surface area contributed by atoms with Gasteiger partial charge in [-0.15, -0.1) is 0 Å². The highest BCUT2D eigenvalue weighted by Gasteiger charge is 2.39. The van der Waals surface area contributed by atoms with E-state index in [1.807, 2.05) is 0 Å². The fourth-order valence-electron chi connectivity index (χ4n) is 3.38. The highest BCUT2D eigenvalue weighted by atomic mass is 79.9. The van der Waals surface area contributed by atoms with Crippen LogP contribution in [0, 0.1) is 0 Å². The summed E-state index contributed by atoms with van der Waals surface area (Å²) in [6.07, 6.45) is 2.43.